The summed E-state index contributed by atoms with van der Waals surface area (Å²) in [5.41, 5.74) is 5.16. The summed E-state index contributed by atoms with van der Waals surface area (Å²) < 4.78 is 0. The minimum absolute atomic E-state index is 0. The molecule has 0 bridgehead atoms. The second-order valence-electron chi connectivity index (χ2n) is 3.86. The largest absolute Gasteiger partial charge is 1.00 e. The van der Waals surface area contributed by atoms with E-state index in [0.717, 1.165) is 0 Å². The Balaban J connectivity index is -0.00000180. The smallest absolute Gasteiger partial charge is 0.548 e. The fourth-order valence-corrected chi connectivity index (χ4v) is 1.40. The molecule has 0 aliphatic heterocycles. The van der Waals surface area contributed by atoms with E-state index in [1.54, 1.807) is 0 Å². The summed E-state index contributed by atoms with van der Waals surface area (Å²) in [6, 6.07) is -2.31. The van der Waals surface area contributed by atoms with Gasteiger partial charge in [-0.1, -0.05) is 0 Å². The molecule has 2 amide bonds. The zero-order valence-electron chi connectivity index (χ0n) is 12.5. The van der Waals surface area contributed by atoms with E-state index in [9.17, 15) is 29.4 Å². The van der Waals surface area contributed by atoms with E-state index in [4.69, 9.17) is 5.73 Å². The zero-order chi connectivity index (χ0) is 15.7. The monoisotopic (exact) mass is 351 g/mol. The number of nitrogens with one attached hydrogen (secondary N) is 2. The Morgan fingerprint density at radius 3 is 2.09 bits per heavy atom. The molecule has 0 aromatic rings. The van der Waals surface area contributed by atoms with Gasteiger partial charge in [-0.15, -0.1) is 0 Å². The van der Waals surface area contributed by atoms with Gasteiger partial charge in [-0.3, -0.25) is 9.59 Å². The number of thiol groups is 1. The summed E-state index contributed by atoms with van der Waals surface area (Å²) in [6.07, 6.45) is -0.360. The first kappa shape index (κ1) is 27.1. The molecule has 0 saturated carbocycles. The normalized spacial score (nSPS) is 11.9. The fraction of sp³-hybridized carbons (Fsp3) is 0.600. The maximum atomic E-state index is 11.5. The van der Waals surface area contributed by atoms with Gasteiger partial charge in [-0.2, -0.15) is 12.6 Å². The number of carbonyl (C=O) groups excluding carboxylic acids is 4. The second kappa shape index (κ2) is 14.8. The molecule has 0 rings (SSSR count). The molecular weight excluding hydrogens is 336 g/mol. The van der Waals surface area contributed by atoms with Gasteiger partial charge >= 0.3 is 59.1 Å². The predicted molar refractivity (Wildman–Crippen MR) is 66.0 cm³/mol. The Bertz CT molecular complexity index is 399. The van der Waals surface area contributed by atoms with Crippen LogP contribution < -0.4 is 85.7 Å². The van der Waals surface area contributed by atoms with Crippen molar-refractivity contribution in [1.29, 1.82) is 0 Å². The van der Waals surface area contributed by atoms with Crippen molar-refractivity contribution in [1.82, 2.24) is 10.6 Å². The van der Waals surface area contributed by atoms with Crippen molar-refractivity contribution in [3.05, 3.63) is 0 Å². The molecular formula is C10H15N3Na2O6S. The van der Waals surface area contributed by atoms with Crippen LogP contribution >= 0.6 is 12.6 Å². The van der Waals surface area contributed by atoms with E-state index in [-0.39, 0.29) is 77.7 Å². The van der Waals surface area contributed by atoms with Gasteiger partial charge < -0.3 is 36.2 Å². The molecule has 9 nitrogen and oxygen atoms in total. The summed E-state index contributed by atoms with van der Waals surface area (Å²) in [5, 5.41) is 24.8. The molecule has 2 unspecified atom stereocenters. The molecule has 0 radical (unpaired) electrons. The number of nitrogens with two attached hydrogens (primary N) is 1. The first-order chi connectivity index (χ1) is 9.27. The standard InChI is InChI=1S/C10H17N3O6S.2Na/c11-5(10(18)19)1-2-7(14)13-6(4-20)9(17)12-3-8(15)16;;/h5-6,20H,1-4,11H2,(H,12,17)(H,13,14)(H,15,16)(H,18,19);;/q;2*+1/p-2. The van der Waals surface area contributed by atoms with E-state index in [1.807, 2.05) is 5.32 Å². The Morgan fingerprint density at radius 2 is 1.68 bits per heavy atom. The van der Waals surface area contributed by atoms with Gasteiger partial charge in [-0.25, -0.2) is 0 Å². The Hall–Kier alpha value is 0.190. The number of hydrogen-bond acceptors (Lipinski definition) is 8. The first-order valence-corrected chi connectivity index (χ1v) is 6.25. The van der Waals surface area contributed by atoms with Gasteiger partial charge in [0.15, 0.2) is 0 Å². The van der Waals surface area contributed by atoms with Crippen LogP contribution in [-0.2, 0) is 19.2 Å². The van der Waals surface area contributed by atoms with Crippen LogP contribution in [0.4, 0.5) is 0 Å². The Labute approximate surface area is 177 Å². The number of carboxylic acids is 2. The van der Waals surface area contributed by atoms with Crippen molar-refractivity contribution < 1.29 is 88.5 Å². The number of amides is 2. The minimum Gasteiger partial charge on any atom is -0.548 e. The van der Waals surface area contributed by atoms with Crippen LogP contribution in [0.15, 0.2) is 0 Å². The Kier molecular flexibility index (Phi) is 18.2. The average molecular weight is 351 g/mol. The van der Waals surface area contributed by atoms with Gasteiger partial charge in [0.1, 0.15) is 6.04 Å². The number of aliphatic carboxylic acids is 2. The van der Waals surface area contributed by atoms with Crippen molar-refractivity contribution in [2.75, 3.05) is 12.3 Å². The van der Waals surface area contributed by atoms with E-state index < -0.39 is 42.4 Å². The third-order valence-electron chi connectivity index (χ3n) is 2.23. The van der Waals surface area contributed by atoms with E-state index in [1.165, 1.54) is 0 Å². The third-order valence-corrected chi connectivity index (χ3v) is 2.59. The van der Waals surface area contributed by atoms with E-state index >= 15 is 0 Å². The van der Waals surface area contributed by atoms with Gasteiger partial charge in [0.05, 0.1) is 18.5 Å². The predicted octanol–water partition coefficient (Wildman–Crippen LogP) is -10.9. The maximum absolute atomic E-state index is 11.5. The summed E-state index contributed by atoms with van der Waals surface area (Å²) in [7, 11) is 0. The van der Waals surface area contributed by atoms with Gasteiger partial charge in [0, 0.05) is 18.2 Å². The van der Waals surface area contributed by atoms with Crippen LogP contribution in [0.2, 0.25) is 0 Å². The second-order valence-corrected chi connectivity index (χ2v) is 4.22. The van der Waals surface area contributed by atoms with Crippen molar-refractivity contribution in [2.24, 2.45) is 5.73 Å². The molecule has 0 aromatic heterocycles. The molecule has 4 N–H and O–H groups in total. The van der Waals surface area contributed by atoms with Crippen LogP contribution in [0, 0.1) is 0 Å². The summed E-state index contributed by atoms with van der Waals surface area (Å²) in [4.78, 5) is 43.4. The van der Waals surface area contributed by atoms with Crippen molar-refractivity contribution >= 4 is 36.4 Å². The number of hydrogen-bond donors (Lipinski definition) is 4. The SMILES string of the molecule is NC(CCC(=O)NC(CS)C(=O)NCC(=O)[O-])C(=O)[O-].[Na+].[Na+]. The zero-order valence-corrected chi connectivity index (χ0v) is 17.4. The first-order valence-electron chi connectivity index (χ1n) is 5.62. The van der Waals surface area contributed by atoms with E-state index in [0.29, 0.717) is 0 Å². The molecule has 0 aromatic carbocycles. The Morgan fingerprint density at radius 1 is 1.14 bits per heavy atom. The summed E-state index contributed by atoms with van der Waals surface area (Å²) >= 11 is 3.85. The molecule has 114 valence electrons. The van der Waals surface area contributed by atoms with Crippen LogP contribution in [0.25, 0.3) is 0 Å². The molecule has 0 spiro atoms. The quantitative estimate of drug-likeness (QED) is 0.236. The molecule has 0 heterocycles. The topological polar surface area (TPSA) is 164 Å². The summed E-state index contributed by atoms with van der Waals surface area (Å²) in [5.74, 6) is -4.35. The van der Waals surface area contributed by atoms with Crippen molar-refractivity contribution in [3.63, 3.8) is 0 Å². The molecule has 22 heavy (non-hydrogen) atoms. The molecule has 0 fully saturated rings. The third kappa shape index (κ3) is 12.7. The fourth-order valence-electron chi connectivity index (χ4n) is 1.15. The number of carbonyl (C=O) groups is 4. The van der Waals surface area contributed by atoms with Crippen LogP contribution in [0.3, 0.4) is 0 Å². The van der Waals surface area contributed by atoms with Crippen LogP contribution in [0.5, 0.6) is 0 Å². The van der Waals surface area contributed by atoms with Crippen molar-refractivity contribution in [3.8, 4) is 0 Å². The number of carboxylic acid groups (broad SMARTS) is 2. The minimum atomic E-state index is -1.48. The van der Waals surface area contributed by atoms with E-state index in [2.05, 4.69) is 17.9 Å². The molecule has 0 aliphatic carbocycles. The molecule has 0 aliphatic rings. The van der Waals surface area contributed by atoms with Gasteiger partial charge in [0.2, 0.25) is 11.8 Å². The average Bonchev–Trinajstić information content (AvgIpc) is 2.38. The molecule has 12 heteroatoms. The van der Waals surface area contributed by atoms with Gasteiger partial charge in [0.25, 0.3) is 0 Å². The molecule has 0 saturated heterocycles. The number of rotatable bonds is 9. The summed E-state index contributed by atoms with van der Waals surface area (Å²) in [6.45, 7) is -0.686. The van der Waals surface area contributed by atoms with Crippen LogP contribution in [-0.4, -0.2) is 48.1 Å². The van der Waals surface area contributed by atoms with Crippen LogP contribution in [0.1, 0.15) is 12.8 Å². The maximum Gasteiger partial charge on any atom is 1.00 e. The van der Waals surface area contributed by atoms with Gasteiger partial charge in [-0.05, 0) is 6.42 Å². The molecule has 2 atom stereocenters. The van der Waals surface area contributed by atoms with Crippen molar-refractivity contribution in [2.45, 2.75) is 24.9 Å².